The molecule has 0 aliphatic carbocycles. The second-order valence-electron chi connectivity index (χ2n) is 4.11. The number of fused-ring (bicyclic) bond motifs is 1. The zero-order valence-electron chi connectivity index (χ0n) is 9.91. The second kappa shape index (κ2) is 4.22. The molecule has 0 heterocycles. The van der Waals surface area contributed by atoms with Crippen molar-refractivity contribution in [2.24, 2.45) is 0 Å². The molecule has 0 aliphatic heterocycles. The molecule has 0 aliphatic rings. The highest BCUT2D eigenvalue weighted by Crippen LogP contribution is 2.35. The first-order valence-corrected chi connectivity index (χ1v) is 6.69. The molecule has 6 nitrogen and oxygen atoms in total. The van der Waals surface area contributed by atoms with Gasteiger partial charge in [0, 0.05) is 11.1 Å². The fraction of sp³-hybridized carbons (Fsp3) is 0.0833. The van der Waals surface area contributed by atoms with Gasteiger partial charge in [-0.2, -0.15) is 8.42 Å². The van der Waals surface area contributed by atoms with Crippen molar-refractivity contribution >= 4 is 32.4 Å². The molecule has 0 amide bonds. The van der Waals surface area contributed by atoms with E-state index in [9.17, 15) is 18.3 Å². The molecule has 0 unspecified atom stereocenters. The molecule has 2 rings (SSSR count). The van der Waals surface area contributed by atoms with E-state index >= 15 is 0 Å². The molecule has 0 atom stereocenters. The monoisotopic (exact) mass is 281 g/mol. The smallest absolute Gasteiger partial charge is 0.295 e. The Morgan fingerprint density at radius 3 is 2.42 bits per heavy atom. The zero-order chi connectivity index (χ0) is 14.4. The molecule has 2 aromatic rings. The Kier molecular flexibility index (Phi) is 2.95. The number of carbonyl (C=O) groups is 1. The molecular formula is C12H11NO5S. The normalized spacial score (nSPS) is 11.7. The molecule has 19 heavy (non-hydrogen) atoms. The van der Waals surface area contributed by atoms with Gasteiger partial charge in [-0.3, -0.25) is 9.35 Å². The van der Waals surface area contributed by atoms with Gasteiger partial charge in [-0.1, -0.05) is 0 Å². The topological polar surface area (TPSA) is 118 Å². The Hall–Kier alpha value is -2.12. The first kappa shape index (κ1) is 13.3. The van der Waals surface area contributed by atoms with Crippen LogP contribution in [0.5, 0.6) is 5.75 Å². The summed E-state index contributed by atoms with van der Waals surface area (Å²) < 4.78 is 31.7. The number of benzene rings is 2. The average Bonchev–Trinajstić information content (AvgIpc) is 2.26. The molecular weight excluding hydrogens is 270 g/mol. The molecule has 7 heteroatoms. The summed E-state index contributed by atoms with van der Waals surface area (Å²) in [5.74, 6) is -1.15. The number of Topliss-reactive ketones (excluding diaryl/α,β-unsaturated/α-hetero) is 1. The van der Waals surface area contributed by atoms with Gasteiger partial charge in [-0.05, 0) is 36.6 Å². The summed E-state index contributed by atoms with van der Waals surface area (Å²) in [6.45, 7) is 1.10. The predicted octanol–water partition coefficient (Wildman–Crippen LogP) is 1.58. The molecule has 0 radical (unpaired) electrons. The van der Waals surface area contributed by atoms with Crippen molar-refractivity contribution in [3.8, 4) is 5.75 Å². The van der Waals surface area contributed by atoms with Gasteiger partial charge in [0.05, 0.1) is 5.56 Å². The Morgan fingerprint density at radius 1 is 1.26 bits per heavy atom. The number of nitrogen functional groups attached to an aromatic ring is 1. The molecule has 0 fully saturated rings. The van der Waals surface area contributed by atoms with E-state index in [2.05, 4.69) is 0 Å². The molecule has 0 spiro atoms. The standard InChI is InChI=1S/C12H11NO5S/c1-6(14)11-10(19(16,17)18)5-7-4-8(13)2-3-9(7)12(11)15/h2-5,15H,13H2,1H3,(H,16,17,18). The van der Waals surface area contributed by atoms with E-state index in [-0.39, 0.29) is 5.39 Å². The van der Waals surface area contributed by atoms with Gasteiger partial charge >= 0.3 is 0 Å². The van der Waals surface area contributed by atoms with Crippen molar-refractivity contribution in [3.63, 3.8) is 0 Å². The number of phenolic OH excluding ortho intramolecular Hbond substituents is 1. The number of carbonyl (C=O) groups excluding carboxylic acids is 1. The van der Waals surface area contributed by atoms with Crippen molar-refractivity contribution in [2.75, 3.05) is 5.73 Å². The van der Waals surface area contributed by atoms with Crippen LogP contribution in [-0.2, 0) is 10.1 Å². The number of hydrogen-bond acceptors (Lipinski definition) is 5. The number of phenols is 1. The second-order valence-corrected chi connectivity index (χ2v) is 5.50. The maximum Gasteiger partial charge on any atom is 0.295 e. The predicted molar refractivity (Wildman–Crippen MR) is 69.8 cm³/mol. The minimum atomic E-state index is -4.63. The van der Waals surface area contributed by atoms with Crippen molar-refractivity contribution in [1.82, 2.24) is 0 Å². The number of rotatable bonds is 2. The van der Waals surface area contributed by atoms with Crippen molar-refractivity contribution in [2.45, 2.75) is 11.8 Å². The largest absolute Gasteiger partial charge is 0.506 e. The van der Waals surface area contributed by atoms with E-state index < -0.39 is 32.1 Å². The van der Waals surface area contributed by atoms with Gasteiger partial charge in [-0.25, -0.2) is 0 Å². The summed E-state index contributed by atoms with van der Waals surface area (Å²) in [5, 5.41) is 10.6. The fourth-order valence-electron chi connectivity index (χ4n) is 1.92. The lowest BCUT2D eigenvalue weighted by atomic mass is 10.0. The Morgan fingerprint density at radius 2 is 1.89 bits per heavy atom. The van der Waals surface area contributed by atoms with Gasteiger partial charge in [0.15, 0.2) is 5.78 Å². The van der Waals surface area contributed by atoms with Gasteiger partial charge in [-0.15, -0.1) is 0 Å². The minimum Gasteiger partial charge on any atom is -0.506 e. The third-order valence-electron chi connectivity index (χ3n) is 2.73. The zero-order valence-corrected chi connectivity index (χ0v) is 10.7. The van der Waals surface area contributed by atoms with Gasteiger partial charge < -0.3 is 10.8 Å². The van der Waals surface area contributed by atoms with Crippen molar-refractivity contribution in [3.05, 3.63) is 29.8 Å². The lowest BCUT2D eigenvalue weighted by Gasteiger charge is -2.10. The lowest BCUT2D eigenvalue weighted by Crippen LogP contribution is -2.07. The van der Waals surface area contributed by atoms with Crippen molar-refractivity contribution < 1.29 is 22.9 Å². The first-order valence-electron chi connectivity index (χ1n) is 5.25. The summed E-state index contributed by atoms with van der Waals surface area (Å²) >= 11 is 0. The van der Waals surface area contributed by atoms with Gasteiger partial charge in [0.1, 0.15) is 10.6 Å². The van der Waals surface area contributed by atoms with Crippen LogP contribution >= 0.6 is 0 Å². The summed E-state index contributed by atoms with van der Waals surface area (Å²) in [7, 11) is -4.63. The Balaban J connectivity index is 3.02. The van der Waals surface area contributed by atoms with Crippen LogP contribution in [0.2, 0.25) is 0 Å². The number of anilines is 1. The highest BCUT2D eigenvalue weighted by Gasteiger charge is 2.24. The van der Waals surface area contributed by atoms with E-state index in [0.717, 1.165) is 13.0 Å². The third kappa shape index (κ3) is 2.25. The first-order chi connectivity index (χ1) is 8.71. The SMILES string of the molecule is CC(=O)c1c(S(=O)(=O)O)cc2cc(N)ccc2c1O. The number of aromatic hydroxyl groups is 1. The minimum absolute atomic E-state index is 0.284. The number of nitrogens with two attached hydrogens (primary N) is 1. The van der Waals surface area contributed by atoms with Gasteiger partial charge in [0.2, 0.25) is 0 Å². The summed E-state index contributed by atoms with van der Waals surface area (Å²) in [4.78, 5) is 10.9. The van der Waals surface area contributed by atoms with E-state index in [1.54, 1.807) is 0 Å². The van der Waals surface area contributed by atoms with E-state index in [4.69, 9.17) is 10.3 Å². The third-order valence-corrected chi connectivity index (χ3v) is 3.61. The van der Waals surface area contributed by atoms with Crippen LogP contribution in [0.25, 0.3) is 10.8 Å². The van der Waals surface area contributed by atoms with Crippen LogP contribution in [0, 0.1) is 0 Å². The molecule has 4 N–H and O–H groups in total. The van der Waals surface area contributed by atoms with Crippen LogP contribution < -0.4 is 5.73 Å². The van der Waals surface area contributed by atoms with Crippen LogP contribution in [0.1, 0.15) is 17.3 Å². The van der Waals surface area contributed by atoms with Crippen LogP contribution in [0.3, 0.4) is 0 Å². The maximum atomic E-state index is 11.5. The highest BCUT2D eigenvalue weighted by molar-refractivity contribution is 7.86. The summed E-state index contributed by atoms with van der Waals surface area (Å²) in [5.41, 5.74) is 5.50. The van der Waals surface area contributed by atoms with Crippen LogP contribution in [-0.4, -0.2) is 23.9 Å². The Bertz CT molecular complexity index is 795. The molecule has 0 saturated heterocycles. The van der Waals surface area contributed by atoms with Crippen LogP contribution in [0.4, 0.5) is 5.69 Å². The molecule has 100 valence electrons. The van der Waals surface area contributed by atoms with Crippen molar-refractivity contribution in [1.29, 1.82) is 0 Å². The summed E-state index contributed by atoms with van der Waals surface area (Å²) in [6, 6.07) is 5.53. The maximum absolute atomic E-state index is 11.5. The lowest BCUT2D eigenvalue weighted by molar-refractivity contribution is 0.101. The molecule has 0 aromatic heterocycles. The quantitative estimate of drug-likeness (QED) is 0.437. The van der Waals surface area contributed by atoms with E-state index in [0.29, 0.717) is 11.1 Å². The Labute approximate surface area is 109 Å². The molecule has 0 saturated carbocycles. The van der Waals surface area contributed by atoms with Gasteiger partial charge in [0.25, 0.3) is 10.1 Å². The van der Waals surface area contributed by atoms with E-state index in [1.807, 2.05) is 0 Å². The molecule has 0 bridgehead atoms. The fourth-order valence-corrected chi connectivity index (χ4v) is 2.70. The highest BCUT2D eigenvalue weighted by atomic mass is 32.2. The van der Waals surface area contributed by atoms with E-state index in [1.165, 1.54) is 18.2 Å². The number of ketones is 1. The average molecular weight is 281 g/mol. The summed E-state index contributed by atoms with van der Waals surface area (Å²) in [6.07, 6.45) is 0. The van der Waals surface area contributed by atoms with Crippen LogP contribution in [0.15, 0.2) is 29.2 Å². The number of hydrogen-bond donors (Lipinski definition) is 3. The molecule has 2 aromatic carbocycles.